The van der Waals surface area contributed by atoms with Crippen LogP contribution in [0.5, 0.6) is 0 Å². The number of benzene rings is 2. The second-order valence-corrected chi connectivity index (χ2v) is 5.89. The van der Waals surface area contributed by atoms with E-state index < -0.39 is 0 Å². The average molecular weight is 250 g/mol. The van der Waals surface area contributed by atoms with E-state index in [1.165, 1.54) is 47.9 Å². The zero-order valence-electron chi connectivity index (χ0n) is 11.9. The van der Waals surface area contributed by atoms with E-state index in [9.17, 15) is 0 Å². The Labute approximate surface area is 116 Å². The molecule has 1 saturated carbocycles. The van der Waals surface area contributed by atoms with E-state index in [0.29, 0.717) is 0 Å². The lowest BCUT2D eigenvalue weighted by Crippen LogP contribution is -1.97. The van der Waals surface area contributed by atoms with E-state index in [2.05, 4.69) is 56.3 Å². The third-order valence-corrected chi connectivity index (χ3v) is 4.44. The molecule has 19 heavy (non-hydrogen) atoms. The first-order valence-electron chi connectivity index (χ1n) is 7.42. The second-order valence-electron chi connectivity index (χ2n) is 5.89. The van der Waals surface area contributed by atoms with Crippen LogP contribution in [0.25, 0.3) is 11.1 Å². The molecular weight excluding hydrogens is 228 g/mol. The van der Waals surface area contributed by atoms with Crippen molar-refractivity contribution in [2.75, 3.05) is 0 Å². The van der Waals surface area contributed by atoms with Gasteiger partial charge in [-0.25, -0.2) is 0 Å². The van der Waals surface area contributed by atoms with Gasteiger partial charge in [-0.3, -0.25) is 0 Å². The molecule has 0 nitrogen and oxygen atoms in total. The third kappa shape index (κ3) is 2.45. The van der Waals surface area contributed by atoms with Gasteiger partial charge in [-0.2, -0.15) is 0 Å². The monoisotopic (exact) mass is 250 g/mol. The van der Waals surface area contributed by atoms with Gasteiger partial charge in [0, 0.05) is 0 Å². The summed E-state index contributed by atoms with van der Waals surface area (Å²) in [6, 6.07) is 15.8. The Morgan fingerprint density at radius 3 is 2.32 bits per heavy atom. The summed E-state index contributed by atoms with van der Waals surface area (Å²) in [6.07, 6.45) is 5.52. The Hall–Kier alpha value is -1.56. The Morgan fingerprint density at radius 1 is 0.842 bits per heavy atom. The van der Waals surface area contributed by atoms with Gasteiger partial charge in [-0.05, 0) is 54.9 Å². The molecule has 0 heterocycles. The summed E-state index contributed by atoms with van der Waals surface area (Å²) in [7, 11) is 0. The van der Waals surface area contributed by atoms with Crippen molar-refractivity contribution >= 4 is 0 Å². The Kier molecular flexibility index (Phi) is 3.42. The molecule has 0 spiro atoms. The maximum atomic E-state index is 2.37. The first-order chi connectivity index (χ1) is 9.25. The lowest BCUT2D eigenvalue weighted by molar-refractivity contribution is 0.725. The quantitative estimate of drug-likeness (QED) is 0.648. The zero-order valence-corrected chi connectivity index (χ0v) is 11.9. The first-order valence-corrected chi connectivity index (χ1v) is 7.42. The molecule has 0 unspecified atom stereocenters. The van der Waals surface area contributed by atoms with E-state index in [4.69, 9.17) is 0 Å². The second kappa shape index (κ2) is 5.21. The van der Waals surface area contributed by atoms with Gasteiger partial charge in [0.25, 0.3) is 0 Å². The molecule has 3 rings (SSSR count). The summed E-state index contributed by atoms with van der Waals surface area (Å²) in [5, 5.41) is 0. The molecule has 1 aliphatic carbocycles. The van der Waals surface area contributed by atoms with Gasteiger partial charge in [-0.1, -0.05) is 60.9 Å². The predicted molar refractivity (Wildman–Crippen MR) is 82.6 cm³/mol. The molecule has 0 N–H and O–H groups in total. The molecular formula is C19H22. The number of aryl methyl sites for hydroxylation is 2. The highest BCUT2D eigenvalue weighted by molar-refractivity contribution is 5.72. The SMILES string of the molecule is Cc1ccc(C2CCCC2)c(-c2ccccc2C)c1. The Balaban J connectivity index is 2.13. The molecule has 1 aliphatic rings. The lowest BCUT2D eigenvalue weighted by Gasteiger charge is -2.18. The fourth-order valence-corrected chi connectivity index (χ4v) is 3.37. The van der Waals surface area contributed by atoms with Crippen molar-refractivity contribution in [3.8, 4) is 11.1 Å². The standard InChI is InChI=1S/C19H22/c1-14-11-12-18(16-8-4-5-9-16)19(13-14)17-10-6-3-7-15(17)2/h3,6-7,10-13,16H,4-5,8-9H2,1-2H3. The van der Waals surface area contributed by atoms with Gasteiger partial charge in [0.05, 0.1) is 0 Å². The molecule has 0 aromatic heterocycles. The van der Waals surface area contributed by atoms with E-state index in [0.717, 1.165) is 5.92 Å². The van der Waals surface area contributed by atoms with Gasteiger partial charge < -0.3 is 0 Å². The molecule has 2 aromatic rings. The van der Waals surface area contributed by atoms with Crippen LogP contribution < -0.4 is 0 Å². The van der Waals surface area contributed by atoms with Crippen molar-refractivity contribution in [2.24, 2.45) is 0 Å². The van der Waals surface area contributed by atoms with Crippen LogP contribution in [0.1, 0.15) is 48.3 Å². The van der Waals surface area contributed by atoms with Crippen LogP contribution in [0.4, 0.5) is 0 Å². The molecule has 0 aliphatic heterocycles. The summed E-state index contributed by atoms with van der Waals surface area (Å²) in [6.45, 7) is 4.41. The highest BCUT2D eigenvalue weighted by atomic mass is 14.2. The van der Waals surface area contributed by atoms with Crippen LogP contribution in [0.2, 0.25) is 0 Å². The molecule has 0 saturated heterocycles. The Bertz CT molecular complexity index is 574. The molecule has 0 amide bonds. The van der Waals surface area contributed by atoms with Crippen molar-refractivity contribution in [1.29, 1.82) is 0 Å². The molecule has 0 atom stereocenters. The predicted octanol–water partition coefficient (Wildman–Crippen LogP) is 5.63. The van der Waals surface area contributed by atoms with Crippen molar-refractivity contribution in [3.05, 3.63) is 59.2 Å². The Morgan fingerprint density at radius 2 is 1.58 bits per heavy atom. The summed E-state index contributed by atoms with van der Waals surface area (Å²) >= 11 is 0. The van der Waals surface area contributed by atoms with Crippen LogP contribution in [0.15, 0.2) is 42.5 Å². The van der Waals surface area contributed by atoms with E-state index in [-0.39, 0.29) is 0 Å². The minimum absolute atomic E-state index is 0.773. The maximum absolute atomic E-state index is 2.37. The summed E-state index contributed by atoms with van der Waals surface area (Å²) in [4.78, 5) is 0. The van der Waals surface area contributed by atoms with Crippen molar-refractivity contribution in [3.63, 3.8) is 0 Å². The van der Waals surface area contributed by atoms with Crippen LogP contribution in [-0.4, -0.2) is 0 Å². The average Bonchev–Trinajstić information content (AvgIpc) is 2.93. The highest BCUT2D eigenvalue weighted by Gasteiger charge is 2.20. The zero-order chi connectivity index (χ0) is 13.2. The van der Waals surface area contributed by atoms with Crippen LogP contribution in [0, 0.1) is 13.8 Å². The maximum Gasteiger partial charge on any atom is -0.0144 e. The minimum Gasteiger partial charge on any atom is -0.0620 e. The summed E-state index contributed by atoms with van der Waals surface area (Å²) in [5.74, 6) is 0.773. The smallest absolute Gasteiger partial charge is 0.0144 e. The van der Waals surface area contributed by atoms with E-state index in [1.54, 1.807) is 5.56 Å². The van der Waals surface area contributed by atoms with E-state index in [1.807, 2.05) is 0 Å². The number of rotatable bonds is 2. The highest BCUT2D eigenvalue weighted by Crippen LogP contribution is 2.40. The van der Waals surface area contributed by atoms with Crippen LogP contribution in [0.3, 0.4) is 0 Å². The van der Waals surface area contributed by atoms with Gasteiger partial charge >= 0.3 is 0 Å². The van der Waals surface area contributed by atoms with Gasteiger partial charge in [0.1, 0.15) is 0 Å². The van der Waals surface area contributed by atoms with Gasteiger partial charge in [0.2, 0.25) is 0 Å². The summed E-state index contributed by atoms with van der Waals surface area (Å²) < 4.78 is 0. The van der Waals surface area contributed by atoms with Crippen molar-refractivity contribution in [2.45, 2.75) is 45.4 Å². The van der Waals surface area contributed by atoms with Gasteiger partial charge in [0.15, 0.2) is 0 Å². The molecule has 1 fully saturated rings. The normalized spacial score (nSPS) is 15.9. The molecule has 2 aromatic carbocycles. The van der Waals surface area contributed by atoms with Crippen LogP contribution >= 0.6 is 0 Å². The first kappa shape index (κ1) is 12.5. The minimum atomic E-state index is 0.773. The van der Waals surface area contributed by atoms with Crippen molar-refractivity contribution < 1.29 is 0 Å². The lowest BCUT2D eigenvalue weighted by atomic mass is 9.87. The van der Waals surface area contributed by atoms with Gasteiger partial charge in [-0.15, -0.1) is 0 Å². The summed E-state index contributed by atoms with van der Waals surface area (Å²) in [5.41, 5.74) is 7.18. The fraction of sp³-hybridized carbons (Fsp3) is 0.368. The third-order valence-electron chi connectivity index (χ3n) is 4.44. The largest absolute Gasteiger partial charge is 0.0620 e. The van der Waals surface area contributed by atoms with E-state index >= 15 is 0 Å². The molecule has 0 bridgehead atoms. The number of hydrogen-bond donors (Lipinski definition) is 0. The number of hydrogen-bond acceptors (Lipinski definition) is 0. The molecule has 0 heteroatoms. The van der Waals surface area contributed by atoms with Crippen LogP contribution in [-0.2, 0) is 0 Å². The fourth-order valence-electron chi connectivity index (χ4n) is 3.37. The molecule has 98 valence electrons. The topological polar surface area (TPSA) is 0 Å². The van der Waals surface area contributed by atoms with Crippen molar-refractivity contribution in [1.82, 2.24) is 0 Å². The molecule has 0 radical (unpaired) electrons.